The first-order valence-corrected chi connectivity index (χ1v) is 12.5. The van der Waals surface area contributed by atoms with Crippen LogP contribution in [0.1, 0.15) is 90.4 Å². The van der Waals surface area contributed by atoms with Gasteiger partial charge >= 0.3 is 5.97 Å². The molecule has 1 aliphatic rings. The molecule has 1 fully saturated rings. The van der Waals surface area contributed by atoms with Crippen molar-refractivity contribution < 1.29 is 14.8 Å². The zero-order valence-electron chi connectivity index (χ0n) is 19.9. The summed E-state index contributed by atoms with van der Waals surface area (Å²) in [7, 11) is 0. The quantitative estimate of drug-likeness (QED) is 0.117. The highest BCUT2D eigenvalue weighted by Crippen LogP contribution is 2.35. The molecule has 0 spiro atoms. The van der Waals surface area contributed by atoms with Gasteiger partial charge in [0.15, 0.2) is 0 Å². The van der Waals surface area contributed by atoms with Crippen molar-refractivity contribution in [2.75, 3.05) is 5.43 Å². The Morgan fingerprint density at radius 3 is 2.58 bits per heavy atom. The summed E-state index contributed by atoms with van der Waals surface area (Å²) in [5.41, 5.74) is 5.07. The Hall–Kier alpha value is -2.70. The number of aliphatic carboxylic acids is 1. The average molecular weight is 458 g/mol. The van der Waals surface area contributed by atoms with Gasteiger partial charge < -0.3 is 5.11 Å². The lowest BCUT2D eigenvalue weighted by molar-refractivity contribution is -0.384. The van der Waals surface area contributed by atoms with Crippen LogP contribution in [-0.4, -0.2) is 21.7 Å². The van der Waals surface area contributed by atoms with Crippen molar-refractivity contribution in [3.05, 3.63) is 46.5 Å². The number of carboxylic acids is 1. The molecule has 0 bridgehead atoms. The average Bonchev–Trinajstić information content (AvgIpc) is 3.18. The molecule has 7 nitrogen and oxygen atoms in total. The monoisotopic (exact) mass is 457 g/mol. The minimum Gasteiger partial charge on any atom is -0.481 e. The van der Waals surface area contributed by atoms with Gasteiger partial charge in [-0.1, -0.05) is 57.6 Å². The van der Waals surface area contributed by atoms with E-state index in [1.54, 1.807) is 12.1 Å². The molecule has 7 heteroatoms. The van der Waals surface area contributed by atoms with Crippen LogP contribution in [0.25, 0.3) is 0 Å². The van der Waals surface area contributed by atoms with Crippen LogP contribution in [0.15, 0.2) is 41.5 Å². The molecule has 182 valence electrons. The van der Waals surface area contributed by atoms with Crippen molar-refractivity contribution in [3.63, 3.8) is 0 Å². The number of benzene rings is 1. The number of rotatable bonds is 16. The maximum Gasteiger partial charge on any atom is 0.303 e. The maximum atomic E-state index is 10.8. The standard InChI is InChI=1S/C26H39N3O4/c1-2-3-4-5-6-9-12-21-15-20-25(24(21)13-10-7-8-11-14-26(30)31)28-27-22-16-18-23(19-17-22)29(32)33/h9,12,16-19,21,24,27H,2-8,10-11,13-15,20H2,1H3,(H,30,31)/t21-,24+/m0/s1. The van der Waals surface area contributed by atoms with Crippen molar-refractivity contribution in [2.24, 2.45) is 16.9 Å². The van der Waals surface area contributed by atoms with Crippen molar-refractivity contribution in [1.29, 1.82) is 0 Å². The molecule has 1 aliphatic carbocycles. The van der Waals surface area contributed by atoms with Crippen LogP contribution in [0.2, 0.25) is 0 Å². The second kappa shape index (κ2) is 15.2. The number of non-ortho nitro benzene ring substituents is 1. The van der Waals surface area contributed by atoms with Crippen LogP contribution in [0.4, 0.5) is 11.4 Å². The summed E-state index contributed by atoms with van der Waals surface area (Å²) < 4.78 is 0. The summed E-state index contributed by atoms with van der Waals surface area (Å²) >= 11 is 0. The zero-order chi connectivity index (χ0) is 23.9. The normalized spacial score (nSPS) is 19.4. The third-order valence-electron chi connectivity index (χ3n) is 6.35. The molecular formula is C26H39N3O4. The number of allylic oxidation sites excluding steroid dienone is 2. The van der Waals surface area contributed by atoms with E-state index in [1.807, 2.05) is 0 Å². The van der Waals surface area contributed by atoms with Crippen molar-refractivity contribution in [2.45, 2.75) is 90.4 Å². The smallest absolute Gasteiger partial charge is 0.303 e. The summed E-state index contributed by atoms with van der Waals surface area (Å²) in [4.78, 5) is 21.1. The molecule has 2 atom stereocenters. The molecule has 0 radical (unpaired) electrons. The third kappa shape index (κ3) is 10.2. The molecule has 0 heterocycles. The zero-order valence-corrected chi connectivity index (χ0v) is 19.9. The summed E-state index contributed by atoms with van der Waals surface area (Å²) in [6.07, 6.45) is 18.1. The Bertz CT molecular complexity index is 789. The molecule has 0 amide bonds. The first kappa shape index (κ1) is 26.6. The SMILES string of the molecule is CCCCCCC=C[C@H]1CCC(=NNc2ccc([N+](=O)[O-])cc2)[C@@H]1CCCCCCC(=O)O. The van der Waals surface area contributed by atoms with Gasteiger partial charge in [0.2, 0.25) is 0 Å². The molecule has 2 N–H and O–H groups in total. The molecule has 0 aliphatic heterocycles. The number of unbranched alkanes of at least 4 members (excludes halogenated alkanes) is 7. The van der Waals surface area contributed by atoms with Crippen LogP contribution >= 0.6 is 0 Å². The van der Waals surface area contributed by atoms with Gasteiger partial charge in [0.1, 0.15) is 0 Å². The number of nitrogens with one attached hydrogen (secondary N) is 1. The second-order valence-corrected chi connectivity index (χ2v) is 8.95. The molecule has 1 aromatic carbocycles. The Balaban J connectivity index is 1.93. The number of nitro groups is 1. The van der Waals surface area contributed by atoms with Crippen molar-refractivity contribution in [3.8, 4) is 0 Å². The maximum absolute atomic E-state index is 10.8. The van der Waals surface area contributed by atoms with E-state index in [2.05, 4.69) is 24.5 Å². The Morgan fingerprint density at radius 1 is 1.15 bits per heavy atom. The Labute approximate surface area is 197 Å². The fourth-order valence-electron chi connectivity index (χ4n) is 4.45. The highest BCUT2D eigenvalue weighted by atomic mass is 16.6. The van der Waals surface area contributed by atoms with E-state index < -0.39 is 10.9 Å². The Kier molecular flexibility index (Phi) is 12.2. The number of hydrogen-bond donors (Lipinski definition) is 2. The van der Waals surface area contributed by atoms with E-state index in [-0.39, 0.29) is 12.1 Å². The predicted molar refractivity (Wildman–Crippen MR) is 134 cm³/mol. The van der Waals surface area contributed by atoms with E-state index in [0.29, 0.717) is 11.8 Å². The van der Waals surface area contributed by atoms with Gasteiger partial charge in [0.25, 0.3) is 5.69 Å². The van der Waals surface area contributed by atoms with Crippen molar-refractivity contribution >= 4 is 23.1 Å². The number of anilines is 1. The van der Waals surface area contributed by atoms with Gasteiger partial charge in [-0.2, -0.15) is 5.10 Å². The summed E-state index contributed by atoms with van der Waals surface area (Å²) in [6, 6.07) is 6.33. The molecule has 33 heavy (non-hydrogen) atoms. The van der Waals surface area contributed by atoms with Gasteiger partial charge in [-0.15, -0.1) is 0 Å². The fraction of sp³-hybridized carbons (Fsp3) is 0.615. The lowest BCUT2D eigenvalue weighted by Crippen LogP contribution is -2.15. The number of carbonyl (C=O) groups is 1. The van der Waals surface area contributed by atoms with Crippen LogP contribution in [0.5, 0.6) is 0 Å². The minimum atomic E-state index is -0.721. The molecule has 0 aromatic heterocycles. The molecule has 1 aromatic rings. The predicted octanol–water partition coefficient (Wildman–Crippen LogP) is 7.34. The lowest BCUT2D eigenvalue weighted by Gasteiger charge is -2.17. The van der Waals surface area contributed by atoms with E-state index in [0.717, 1.165) is 57.1 Å². The highest BCUT2D eigenvalue weighted by Gasteiger charge is 2.30. The van der Waals surface area contributed by atoms with Gasteiger partial charge in [-0.25, -0.2) is 0 Å². The summed E-state index contributed by atoms with van der Waals surface area (Å²) in [5.74, 6) is 0.163. The van der Waals surface area contributed by atoms with Gasteiger partial charge in [-0.3, -0.25) is 20.3 Å². The second-order valence-electron chi connectivity index (χ2n) is 8.95. The number of hydrazone groups is 1. The summed E-state index contributed by atoms with van der Waals surface area (Å²) in [6.45, 7) is 2.23. The van der Waals surface area contributed by atoms with E-state index >= 15 is 0 Å². The first-order chi connectivity index (χ1) is 16.0. The molecule has 2 rings (SSSR count). The summed E-state index contributed by atoms with van der Waals surface area (Å²) in [5, 5.41) is 24.3. The fourth-order valence-corrected chi connectivity index (χ4v) is 4.45. The van der Waals surface area contributed by atoms with E-state index in [1.165, 1.54) is 43.5 Å². The first-order valence-electron chi connectivity index (χ1n) is 12.5. The number of nitrogens with zero attached hydrogens (tertiary/aromatic N) is 2. The molecule has 0 saturated heterocycles. The minimum absolute atomic E-state index is 0.0685. The topological polar surface area (TPSA) is 105 Å². The van der Waals surface area contributed by atoms with Crippen LogP contribution in [0, 0.1) is 22.0 Å². The lowest BCUT2D eigenvalue weighted by atomic mass is 9.89. The van der Waals surface area contributed by atoms with Crippen LogP contribution in [-0.2, 0) is 4.79 Å². The molecule has 1 saturated carbocycles. The number of carboxylic acid groups (broad SMARTS) is 1. The number of nitro benzene ring substituents is 1. The van der Waals surface area contributed by atoms with Crippen molar-refractivity contribution in [1.82, 2.24) is 0 Å². The Morgan fingerprint density at radius 2 is 1.88 bits per heavy atom. The van der Waals surface area contributed by atoms with Crippen LogP contribution < -0.4 is 5.43 Å². The van der Waals surface area contributed by atoms with Gasteiger partial charge in [0.05, 0.1) is 10.6 Å². The van der Waals surface area contributed by atoms with E-state index in [9.17, 15) is 14.9 Å². The van der Waals surface area contributed by atoms with Gasteiger partial charge in [0, 0.05) is 30.2 Å². The van der Waals surface area contributed by atoms with E-state index in [4.69, 9.17) is 10.2 Å². The third-order valence-corrected chi connectivity index (χ3v) is 6.35. The molecule has 0 unspecified atom stereocenters. The number of hydrogen-bond acceptors (Lipinski definition) is 5. The molecular weight excluding hydrogens is 418 g/mol. The van der Waals surface area contributed by atoms with Crippen LogP contribution in [0.3, 0.4) is 0 Å². The highest BCUT2D eigenvalue weighted by molar-refractivity contribution is 5.89. The van der Waals surface area contributed by atoms with Gasteiger partial charge in [-0.05, 0) is 56.6 Å². The largest absolute Gasteiger partial charge is 0.481 e.